The van der Waals surface area contributed by atoms with Crippen molar-refractivity contribution in [3.63, 3.8) is 0 Å². The van der Waals surface area contributed by atoms with Crippen LogP contribution in [0, 0.1) is 0 Å². The van der Waals surface area contributed by atoms with Crippen molar-refractivity contribution in [1.29, 1.82) is 0 Å². The molecule has 0 bridgehead atoms. The van der Waals surface area contributed by atoms with Gasteiger partial charge in [-0.3, -0.25) is 0 Å². The van der Waals surface area contributed by atoms with Gasteiger partial charge >= 0.3 is 0 Å². The monoisotopic (exact) mass is 310 g/mol. The first-order valence-corrected chi connectivity index (χ1v) is 9.30. The maximum atomic E-state index is 12.8. The minimum absolute atomic E-state index is 0.00409. The van der Waals surface area contributed by atoms with Crippen molar-refractivity contribution in [2.75, 3.05) is 0 Å². The molecule has 0 saturated heterocycles. The van der Waals surface area contributed by atoms with Crippen LogP contribution in [-0.4, -0.2) is 24.9 Å². The van der Waals surface area contributed by atoms with Gasteiger partial charge in [0, 0.05) is 0 Å². The zero-order valence-corrected chi connectivity index (χ0v) is 14.0. The van der Waals surface area contributed by atoms with Crippen LogP contribution in [0.15, 0.2) is 29.2 Å². The fourth-order valence-electron chi connectivity index (χ4n) is 2.94. The second kappa shape index (κ2) is 6.09. The maximum absolute atomic E-state index is 12.8. The Hall–Kier alpha value is -0.870. The van der Waals surface area contributed by atoms with Crippen LogP contribution < -0.4 is 0 Å². The molecule has 0 aliphatic heterocycles. The van der Waals surface area contributed by atoms with Crippen LogP contribution in [0.3, 0.4) is 0 Å². The molecule has 0 spiro atoms. The predicted molar refractivity (Wildman–Crippen MR) is 85.2 cm³/mol. The van der Waals surface area contributed by atoms with Crippen LogP contribution in [0.2, 0.25) is 0 Å². The minimum Gasteiger partial charge on any atom is -0.392 e. The van der Waals surface area contributed by atoms with Gasteiger partial charge in [-0.05, 0) is 36.0 Å². The number of hydrogen-bond donors (Lipinski definition) is 1. The number of aliphatic hydroxyl groups excluding tert-OH is 1. The second-order valence-corrected chi connectivity index (χ2v) is 9.23. The fraction of sp³-hybridized carbons (Fsp3) is 0.647. The Kier molecular flexibility index (Phi) is 4.79. The lowest BCUT2D eigenvalue weighted by molar-refractivity contribution is 0.160. The smallest absolute Gasteiger partial charge is 0.183 e. The third-order valence-corrected chi connectivity index (χ3v) is 6.64. The second-order valence-electron chi connectivity index (χ2n) is 7.06. The summed E-state index contributed by atoms with van der Waals surface area (Å²) >= 11 is 0. The molecule has 0 heterocycles. The highest BCUT2D eigenvalue weighted by molar-refractivity contribution is 7.92. The molecule has 4 heteroatoms. The molecule has 1 aromatic carbocycles. The van der Waals surface area contributed by atoms with Crippen LogP contribution in [0.25, 0.3) is 0 Å². The van der Waals surface area contributed by atoms with E-state index in [2.05, 4.69) is 20.8 Å². The average molecular weight is 310 g/mol. The van der Waals surface area contributed by atoms with Crippen LogP contribution in [0.5, 0.6) is 0 Å². The van der Waals surface area contributed by atoms with Crippen molar-refractivity contribution in [2.45, 2.75) is 74.5 Å². The van der Waals surface area contributed by atoms with Gasteiger partial charge in [-0.1, -0.05) is 52.2 Å². The number of benzene rings is 1. The first kappa shape index (κ1) is 16.5. The fourth-order valence-corrected chi connectivity index (χ4v) is 4.83. The van der Waals surface area contributed by atoms with Gasteiger partial charge in [0.15, 0.2) is 9.84 Å². The highest BCUT2D eigenvalue weighted by Gasteiger charge is 2.34. The molecule has 2 unspecified atom stereocenters. The van der Waals surface area contributed by atoms with E-state index in [0.29, 0.717) is 17.7 Å². The van der Waals surface area contributed by atoms with E-state index in [0.717, 1.165) is 24.8 Å². The Morgan fingerprint density at radius 2 is 1.57 bits per heavy atom. The number of sulfone groups is 1. The van der Waals surface area contributed by atoms with Crippen molar-refractivity contribution in [2.24, 2.45) is 0 Å². The van der Waals surface area contributed by atoms with E-state index in [-0.39, 0.29) is 5.41 Å². The quantitative estimate of drug-likeness (QED) is 0.851. The van der Waals surface area contributed by atoms with Gasteiger partial charge in [0.2, 0.25) is 0 Å². The van der Waals surface area contributed by atoms with Crippen molar-refractivity contribution >= 4 is 9.84 Å². The molecule has 1 N–H and O–H groups in total. The van der Waals surface area contributed by atoms with Gasteiger partial charge in [0.1, 0.15) is 0 Å². The molecule has 0 amide bonds. The molecule has 3 nitrogen and oxygen atoms in total. The van der Waals surface area contributed by atoms with E-state index in [1.54, 1.807) is 12.1 Å². The van der Waals surface area contributed by atoms with Crippen molar-refractivity contribution in [3.05, 3.63) is 29.8 Å². The third-order valence-electron chi connectivity index (χ3n) is 4.37. The molecule has 1 aliphatic rings. The topological polar surface area (TPSA) is 54.4 Å². The molecule has 1 aromatic rings. The number of rotatable bonds is 2. The Bertz CT molecular complexity index is 567. The average Bonchev–Trinajstić information content (AvgIpc) is 2.63. The summed E-state index contributed by atoms with van der Waals surface area (Å²) < 4.78 is 25.5. The molecule has 21 heavy (non-hydrogen) atoms. The largest absolute Gasteiger partial charge is 0.392 e. The molecule has 2 rings (SSSR count). The summed E-state index contributed by atoms with van der Waals surface area (Å²) in [5, 5.41) is 9.50. The van der Waals surface area contributed by atoms with Gasteiger partial charge < -0.3 is 5.11 Å². The number of aliphatic hydroxyl groups is 1. The van der Waals surface area contributed by atoms with Crippen molar-refractivity contribution < 1.29 is 13.5 Å². The van der Waals surface area contributed by atoms with Crippen LogP contribution in [-0.2, 0) is 15.3 Å². The summed E-state index contributed by atoms with van der Waals surface area (Å²) in [4.78, 5) is 0.335. The zero-order valence-electron chi connectivity index (χ0n) is 13.2. The molecule has 1 aliphatic carbocycles. The van der Waals surface area contributed by atoms with Crippen LogP contribution in [0.1, 0.15) is 58.4 Å². The van der Waals surface area contributed by atoms with Gasteiger partial charge in [0.05, 0.1) is 16.2 Å². The summed E-state index contributed by atoms with van der Waals surface area (Å²) in [5.74, 6) is 0. The first-order chi connectivity index (χ1) is 9.73. The molecular weight excluding hydrogens is 284 g/mol. The molecule has 1 fully saturated rings. The van der Waals surface area contributed by atoms with Gasteiger partial charge in [-0.2, -0.15) is 0 Å². The van der Waals surface area contributed by atoms with Crippen molar-refractivity contribution in [1.82, 2.24) is 0 Å². The lowest BCUT2D eigenvalue weighted by Gasteiger charge is -2.22. The molecular formula is C17H26O3S. The molecule has 118 valence electrons. The summed E-state index contributed by atoms with van der Waals surface area (Å²) in [6, 6.07) is 7.15. The summed E-state index contributed by atoms with van der Waals surface area (Å²) in [7, 11) is -3.45. The molecule has 0 aromatic heterocycles. The minimum atomic E-state index is -3.45. The first-order valence-electron chi connectivity index (χ1n) is 7.75. The summed E-state index contributed by atoms with van der Waals surface area (Å²) in [6.45, 7) is 6.31. The van der Waals surface area contributed by atoms with E-state index in [1.807, 2.05) is 12.1 Å². The summed E-state index contributed by atoms with van der Waals surface area (Å²) in [5.41, 5.74) is 1.12. The molecule has 0 radical (unpaired) electrons. The normalized spacial score (nSPS) is 24.6. The Balaban J connectivity index is 2.30. The van der Waals surface area contributed by atoms with Gasteiger partial charge in [0.25, 0.3) is 0 Å². The zero-order chi connectivity index (χ0) is 15.7. The van der Waals surface area contributed by atoms with E-state index in [4.69, 9.17) is 0 Å². The Labute approximate surface area is 128 Å². The SMILES string of the molecule is CC(C)(C)c1ccc(S(=O)(=O)C2CCCCCC2O)cc1. The van der Waals surface area contributed by atoms with Crippen molar-refractivity contribution in [3.8, 4) is 0 Å². The van der Waals surface area contributed by atoms with E-state index >= 15 is 0 Å². The molecule has 1 saturated carbocycles. The standard InChI is InChI=1S/C17H26O3S/c1-17(2,3)13-9-11-14(12-10-13)21(19,20)16-8-6-4-5-7-15(16)18/h9-12,15-16,18H,4-8H2,1-3H3. The number of hydrogen-bond acceptors (Lipinski definition) is 3. The van der Waals surface area contributed by atoms with Crippen LogP contribution >= 0.6 is 0 Å². The maximum Gasteiger partial charge on any atom is 0.183 e. The highest BCUT2D eigenvalue weighted by atomic mass is 32.2. The predicted octanol–water partition coefficient (Wildman–Crippen LogP) is 3.45. The Morgan fingerprint density at radius 3 is 2.14 bits per heavy atom. The third kappa shape index (κ3) is 3.67. The van der Waals surface area contributed by atoms with Gasteiger partial charge in [-0.25, -0.2) is 8.42 Å². The Morgan fingerprint density at radius 1 is 1.00 bits per heavy atom. The lowest BCUT2D eigenvalue weighted by atomic mass is 9.87. The summed E-state index contributed by atoms with van der Waals surface area (Å²) in [6.07, 6.45) is 3.21. The van der Waals surface area contributed by atoms with E-state index in [9.17, 15) is 13.5 Å². The van der Waals surface area contributed by atoms with E-state index in [1.165, 1.54) is 0 Å². The van der Waals surface area contributed by atoms with Gasteiger partial charge in [-0.15, -0.1) is 0 Å². The highest BCUT2D eigenvalue weighted by Crippen LogP contribution is 2.30. The van der Waals surface area contributed by atoms with Crippen LogP contribution in [0.4, 0.5) is 0 Å². The van der Waals surface area contributed by atoms with E-state index < -0.39 is 21.2 Å². The molecule has 2 atom stereocenters. The lowest BCUT2D eigenvalue weighted by Crippen LogP contribution is -2.33.